The van der Waals surface area contributed by atoms with Crippen LogP contribution in [-0.4, -0.2) is 35.5 Å². The van der Waals surface area contributed by atoms with Gasteiger partial charge in [-0.3, -0.25) is 14.5 Å². The Morgan fingerprint density at radius 2 is 1.86 bits per heavy atom. The van der Waals surface area contributed by atoms with Gasteiger partial charge in [0.15, 0.2) is 5.69 Å². The van der Waals surface area contributed by atoms with Crippen molar-refractivity contribution in [1.29, 1.82) is 0 Å². The molecule has 0 spiro atoms. The number of carbonyl (C=O) groups excluding carboxylic acids is 2. The first kappa shape index (κ1) is 20.6. The number of ether oxygens (including phenoxy) is 1. The number of benzene rings is 2. The van der Waals surface area contributed by atoms with Crippen molar-refractivity contribution in [3.05, 3.63) is 70.6 Å². The van der Waals surface area contributed by atoms with Gasteiger partial charge in [0.2, 0.25) is 0 Å². The number of hydrogen-bond acceptors (Lipinski definition) is 4. The third-order valence-corrected chi connectivity index (χ3v) is 4.59. The summed E-state index contributed by atoms with van der Waals surface area (Å²) in [5.74, 6) is -0.419. The van der Waals surface area contributed by atoms with Crippen molar-refractivity contribution in [2.45, 2.75) is 39.3 Å². The molecule has 3 rings (SSSR count). The van der Waals surface area contributed by atoms with Crippen LogP contribution in [0.5, 0.6) is 0 Å². The van der Waals surface area contributed by atoms with Gasteiger partial charge in [-0.2, -0.15) is 0 Å². The molecular formula is C23H25N3O3. The molecule has 6 nitrogen and oxygen atoms in total. The number of anilines is 1. The molecule has 0 unspecified atom stereocenters. The number of hydrogen-bond donors (Lipinski definition) is 1. The van der Waals surface area contributed by atoms with Gasteiger partial charge in [0.1, 0.15) is 5.60 Å². The average molecular weight is 391 g/mol. The quantitative estimate of drug-likeness (QED) is 0.627. The van der Waals surface area contributed by atoms with E-state index in [0.717, 1.165) is 24.2 Å². The number of nitrogens with zero attached hydrogens (tertiary/aromatic N) is 2. The van der Waals surface area contributed by atoms with Crippen LogP contribution >= 0.6 is 0 Å². The number of rotatable bonds is 4. The van der Waals surface area contributed by atoms with Crippen molar-refractivity contribution in [2.24, 2.45) is 0 Å². The highest BCUT2D eigenvalue weighted by molar-refractivity contribution is 6.04. The molecular weight excluding hydrogens is 366 g/mol. The molecule has 1 amide bonds. The van der Waals surface area contributed by atoms with Gasteiger partial charge in [-0.25, -0.2) is 4.85 Å². The summed E-state index contributed by atoms with van der Waals surface area (Å²) < 4.78 is 5.40. The summed E-state index contributed by atoms with van der Waals surface area (Å²) in [6.45, 7) is 14.3. The van der Waals surface area contributed by atoms with Crippen LogP contribution in [0, 0.1) is 6.57 Å². The van der Waals surface area contributed by atoms with E-state index in [2.05, 4.69) is 15.1 Å². The van der Waals surface area contributed by atoms with E-state index in [1.807, 2.05) is 39.0 Å². The molecule has 0 bridgehead atoms. The van der Waals surface area contributed by atoms with Crippen LogP contribution in [0.3, 0.4) is 0 Å². The van der Waals surface area contributed by atoms with Crippen molar-refractivity contribution in [3.63, 3.8) is 0 Å². The number of esters is 1. The summed E-state index contributed by atoms with van der Waals surface area (Å²) in [6, 6.07) is 12.4. The second-order valence-corrected chi connectivity index (χ2v) is 8.14. The molecule has 2 aromatic carbocycles. The fourth-order valence-electron chi connectivity index (χ4n) is 3.27. The van der Waals surface area contributed by atoms with Crippen molar-refractivity contribution >= 4 is 23.3 Å². The van der Waals surface area contributed by atoms with Crippen LogP contribution < -0.4 is 5.32 Å². The zero-order chi connectivity index (χ0) is 21.0. The Labute approximate surface area is 171 Å². The molecule has 0 atom stereocenters. The van der Waals surface area contributed by atoms with E-state index in [1.165, 1.54) is 5.56 Å². The molecule has 0 saturated heterocycles. The first-order valence-corrected chi connectivity index (χ1v) is 9.58. The van der Waals surface area contributed by atoms with Crippen LogP contribution in [0.15, 0.2) is 42.5 Å². The highest BCUT2D eigenvalue weighted by atomic mass is 16.6. The summed E-state index contributed by atoms with van der Waals surface area (Å²) in [6.07, 6.45) is 0.807. The molecule has 0 fully saturated rings. The van der Waals surface area contributed by atoms with Crippen LogP contribution in [-0.2, 0) is 22.5 Å². The van der Waals surface area contributed by atoms with Crippen molar-refractivity contribution in [1.82, 2.24) is 4.90 Å². The second-order valence-electron chi connectivity index (χ2n) is 8.14. The maximum atomic E-state index is 12.4. The fraction of sp³-hybridized carbons (Fsp3) is 0.348. The lowest BCUT2D eigenvalue weighted by molar-refractivity contribution is -0.156. The molecule has 1 N–H and O–H groups in total. The molecule has 0 aliphatic carbocycles. The Kier molecular flexibility index (Phi) is 6.00. The third kappa shape index (κ3) is 5.66. The summed E-state index contributed by atoms with van der Waals surface area (Å²) in [5, 5.41) is 2.91. The predicted octanol–water partition coefficient (Wildman–Crippen LogP) is 4.19. The molecule has 0 radical (unpaired) electrons. The predicted molar refractivity (Wildman–Crippen MR) is 112 cm³/mol. The average Bonchev–Trinajstić information content (AvgIpc) is 2.66. The van der Waals surface area contributed by atoms with Gasteiger partial charge in [-0.15, -0.1) is 0 Å². The SMILES string of the molecule is [C-]#[N+]c1ccc(C(=O)Nc2ccc3c(c2)CCN(CC(=O)OC(C)(C)C)C3)cc1. The molecule has 150 valence electrons. The molecule has 0 saturated carbocycles. The van der Waals surface area contributed by atoms with Crippen LogP contribution in [0.1, 0.15) is 42.3 Å². The van der Waals surface area contributed by atoms with Gasteiger partial charge in [0, 0.05) is 24.3 Å². The molecule has 6 heteroatoms. The van der Waals surface area contributed by atoms with Gasteiger partial charge >= 0.3 is 5.97 Å². The van der Waals surface area contributed by atoms with Crippen LogP contribution in [0.25, 0.3) is 4.85 Å². The summed E-state index contributed by atoms with van der Waals surface area (Å²) in [5.41, 5.74) is 3.60. The number of fused-ring (bicyclic) bond motifs is 1. The largest absolute Gasteiger partial charge is 0.459 e. The lowest BCUT2D eigenvalue weighted by Gasteiger charge is -2.29. The highest BCUT2D eigenvalue weighted by Gasteiger charge is 2.22. The zero-order valence-electron chi connectivity index (χ0n) is 17.0. The first-order chi connectivity index (χ1) is 13.7. The van der Waals surface area contributed by atoms with Crippen LogP contribution in [0.4, 0.5) is 11.4 Å². The standard InChI is InChI=1S/C23H25N3O3/c1-23(2,3)29-21(27)15-26-12-11-17-13-20(10-7-18(17)14-26)25-22(28)16-5-8-19(24-4)9-6-16/h5-10,13H,11-12,14-15H2,1-3H3,(H,25,28). The van der Waals surface area contributed by atoms with Gasteiger partial charge < -0.3 is 10.1 Å². The van der Waals surface area contributed by atoms with Crippen molar-refractivity contribution in [2.75, 3.05) is 18.4 Å². The first-order valence-electron chi connectivity index (χ1n) is 9.58. The minimum absolute atomic E-state index is 0.205. The van der Waals surface area contributed by atoms with E-state index in [1.54, 1.807) is 24.3 Å². The van der Waals surface area contributed by atoms with E-state index < -0.39 is 5.60 Å². The maximum absolute atomic E-state index is 12.4. The van der Waals surface area contributed by atoms with E-state index in [0.29, 0.717) is 17.8 Å². The van der Waals surface area contributed by atoms with E-state index in [-0.39, 0.29) is 18.4 Å². The molecule has 0 aromatic heterocycles. The summed E-state index contributed by atoms with van der Waals surface area (Å²) >= 11 is 0. The van der Waals surface area contributed by atoms with E-state index in [4.69, 9.17) is 11.3 Å². The summed E-state index contributed by atoms with van der Waals surface area (Å²) in [4.78, 5) is 29.9. The fourth-order valence-corrected chi connectivity index (χ4v) is 3.27. The molecule has 1 heterocycles. The van der Waals surface area contributed by atoms with Gasteiger partial charge in [-0.05, 0) is 50.5 Å². The molecule has 2 aromatic rings. The number of nitrogens with one attached hydrogen (secondary N) is 1. The lowest BCUT2D eigenvalue weighted by Crippen LogP contribution is -2.38. The maximum Gasteiger partial charge on any atom is 0.320 e. The third-order valence-electron chi connectivity index (χ3n) is 4.59. The van der Waals surface area contributed by atoms with E-state index >= 15 is 0 Å². The normalized spacial score (nSPS) is 13.9. The monoisotopic (exact) mass is 391 g/mol. The van der Waals surface area contributed by atoms with Crippen molar-refractivity contribution in [3.8, 4) is 0 Å². The Hall–Kier alpha value is -3.17. The van der Waals surface area contributed by atoms with Gasteiger partial charge in [-0.1, -0.05) is 30.3 Å². The minimum Gasteiger partial charge on any atom is -0.459 e. The summed E-state index contributed by atoms with van der Waals surface area (Å²) in [7, 11) is 0. The Balaban J connectivity index is 1.61. The Bertz CT molecular complexity index is 953. The number of amides is 1. The number of carbonyl (C=O) groups is 2. The lowest BCUT2D eigenvalue weighted by atomic mass is 9.99. The smallest absolute Gasteiger partial charge is 0.320 e. The van der Waals surface area contributed by atoms with Gasteiger partial charge in [0.25, 0.3) is 5.91 Å². The Morgan fingerprint density at radius 3 is 2.52 bits per heavy atom. The molecule has 1 aliphatic rings. The minimum atomic E-state index is -0.478. The Morgan fingerprint density at radius 1 is 1.14 bits per heavy atom. The topological polar surface area (TPSA) is 63.0 Å². The molecule has 29 heavy (non-hydrogen) atoms. The van der Waals surface area contributed by atoms with Gasteiger partial charge in [0.05, 0.1) is 13.1 Å². The van der Waals surface area contributed by atoms with Crippen molar-refractivity contribution < 1.29 is 14.3 Å². The highest BCUT2D eigenvalue weighted by Crippen LogP contribution is 2.23. The molecule has 1 aliphatic heterocycles. The van der Waals surface area contributed by atoms with Crippen LogP contribution in [0.2, 0.25) is 0 Å². The second kappa shape index (κ2) is 8.46. The zero-order valence-corrected chi connectivity index (χ0v) is 17.0. The van der Waals surface area contributed by atoms with E-state index in [9.17, 15) is 9.59 Å².